The summed E-state index contributed by atoms with van der Waals surface area (Å²) in [5.74, 6) is -0.869. The molecule has 1 amide bonds. The molecule has 0 spiro atoms. The summed E-state index contributed by atoms with van der Waals surface area (Å²) in [6, 6.07) is 18.8. The molecule has 1 aromatic heterocycles. The van der Waals surface area contributed by atoms with Gasteiger partial charge < -0.3 is 5.32 Å². The lowest BCUT2D eigenvalue weighted by Crippen LogP contribution is -2.11. The van der Waals surface area contributed by atoms with E-state index in [0.717, 1.165) is 17.6 Å². The maximum Gasteiger partial charge on any atom is 0.284 e. The normalized spacial score (nSPS) is 11.3. The number of amides is 1. The lowest BCUT2D eigenvalue weighted by atomic mass is 10.1. The molecule has 0 fully saturated rings. The van der Waals surface area contributed by atoms with Gasteiger partial charge in [-0.3, -0.25) is 4.79 Å². The van der Waals surface area contributed by atoms with E-state index in [4.69, 9.17) is 11.6 Å². The highest BCUT2D eigenvalue weighted by Gasteiger charge is 2.23. The molecule has 1 heterocycles. The fourth-order valence-corrected chi connectivity index (χ4v) is 5.21. The molecule has 32 heavy (non-hydrogen) atoms. The van der Waals surface area contributed by atoms with Gasteiger partial charge in [-0.25, -0.2) is 17.8 Å². The van der Waals surface area contributed by atoms with Gasteiger partial charge in [0.2, 0.25) is 0 Å². The minimum absolute atomic E-state index is 0.122. The molecule has 9 heteroatoms. The maximum atomic E-state index is 13.5. The van der Waals surface area contributed by atoms with Crippen LogP contribution in [0.5, 0.6) is 0 Å². The van der Waals surface area contributed by atoms with Crippen molar-refractivity contribution < 1.29 is 17.6 Å². The Morgan fingerprint density at radius 3 is 2.31 bits per heavy atom. The van der Waals surface area contributed by atoms with E-state index in [1.54, 1.807) is 42.5 Å². The summed E-state index contributed by atoms with van der Waals surface area (Å²) in [6.07, 6.45) is 1.12. The second kappa shape index (κ2) is 8.82. The third-order valence-electron chi connectivity index (χ3n) is 4.57. The Morgan fingerprint density at radius 1 is 1.00 bits per heavy atom. The SMILES string of the molecule is CS(=O)(=O)c1ccccc1-c1sc(C(=O)Nc2ccc(Cl)cc2)nc1-c1ccc(F)cc1. The van der Waals surface area contributed by atoms with Crippen LogP contribution in [0.15, 0.2) is 77.7 Å². The van der Waals surface area contributed by atoms with E-state index in [-0.39, 0.29) is 9.90 Å². The van der Waals surface area contributed by atoms with Crippen LogP contribution in [0.4, 0.5) is 10.1 Å². The molecule has 0 aliphatic rings. The highest BCUT2D eigenvalue weighted by molar-refractivity contribution is 7.90. The van der Waals surface area contributed by atoms with Crippen LogP contribution in [-0.4, -0.2) is 25.6 Å². The average Bonchev–Trinajstić information content (AvgIpc) is 3.21. The monoisotopic (exact) mass is 486 g/mol. The highest BCUT2D eigenvalue weighted by atomic mass is 35.5. The van der Waals surface area contributed by atoms with Gasteiger partial charge in [0.25, 0.3) is 5.91 Å². The Hall–Kier alpha value is -3.07. The number of aromatic nitrogens is 1. The molecule has 0 radical (unpaired) electrons. The molecule has 0 atom stereocenters. The van der Waals surface area contributed by atoms with Crippen molar-refractivity contribution in [3.8, 4) is 21.7 Å². The Bertz CT molecular complexity index is 1400. The van der Waals surface area contributed by atoms with Crippen LogP contribution in [-0.2, 0) is 9.84 Å². The van der Waals surface area contributed by atoms with Gasteiger partial charge in [-0.15, -0.1) is 11.3 Å². The minimum Gasteiger partial charge on any atom is -0.320 e. The van der Waals surface area contributed by atoms with Crippen LogP contribution in [0.2, 0.25) is 5.02 Å². The smallest absolute Gasteiger partial charge is 0.284 e. The third-order valence-corrected chi connectivity index (χ3v) is 7.07. The van der Waals surface area contributed by atoms with Crippen molar-refractivity contribution in [2.45, 2.75) is 4.90 Å². The predicted octanol–water partition coefficient (Wildman–Crippen LogP) is 5.93. The van der Waals surface area contributed by atoms with Crippen molar-refractivity contribution in [1.82, 2.24) is 4.98 Å². The number of carbonyl (C=O) groups is 1. The number of thiazole rings is 1. The first-order valence-electron chi connectivity index (χ1n) is 9.35. The predicted molar refractivity (Wildman–Crippen MR) is 125 cm³/mol. The summed E-state index contributed by atoms with van der Waals surface area (Å²) < 4.78 is 38.2. The van der Waals surface area contributed by atoms with Gasteiger partial charge in [-0.05, 0) is 54.6 Å². The van der Waals surface area contributed by atoms with Crippen LogP contribution in [0, 0.1) is 5.82 Å². The van der Waals surface area contributed by atoms with Crippen LogP contribution in [0.3, 0.4) is 0 Å². The van der Waals surface area contributed by atoms with Gasteiger partial charge >= 0.3 is 0 Å². The van der Waals surface area contributed by atoms with E-state index in [2.05, 4.69) is 10.3 Å². The van der Waals surface area contributed by atoms with Crippen molar-refractivity contribution in [2.24, 2.45) is 0 Å². The molecule has 0 bridgehead atoms. The first-order valence-corrected chi connectivity index (χ1v) is 12.4. The number of carbonyl (C=O) groups excluding carboxylic acids is 1. The molecular formula is C23H16ClFN2O3S2. The summed E-state index contributed by atoms with van der Waals surface area (Å²) in [6.45, 7) is 0. The van der Waals surface area contributed by atoms with Gasteiger partial charge in [0.1, 0.15) is 5.82 Å². The largest absolute Gasteiger partial charge is 0.320 e. The molecule has 0 saturated carbocycles. The molecule has 162 valence electrons. The minimum atomic E-state index is -3.55. The molecule has 3 aromatic carbocycles. The number of halogens is 2. The fraction of sp³-hybridized carbons (Fsp3) is 0.0435. The Labute approximate surface area is 193 Å². The second-order valence-corrected chi connectivity index (χ2v) is 10.4. The summed E-state index contributed by atoms with van der Waals surface area (Å²) in [5, 5.41) is 3.43. The Kier molecular flexibility index (Phi) is 6.10. The zero-order chi connectivity index (χ0) is 22.9. The van der Waals surface area contributed by atoms with Gasteiger partial charge in [0, 0.05) is 28.1 Å². The fourth-order valence-electron chi connectivity index (χ4n) is 3.10. The van der Waals surface area contributed by atoms with Crippen molar-refractivity contribution >= 4 is 44.4 Å². The lowest BCUT2D eigenvalue weighted by molar-refractivity contribution is 0.102. The number of nitrogens with one attached hydrogen (secondary N) is 1. The van der Waals surface area contributed by atoms with Crippen molar-refractivity contribution in [3.05, 3.63) is 88.6 Å². The maximum absolute atomic E-state index is 13.5. The lowest BCUT2D eigenvalue weighted by Gasteiger charge is -2.08. The topological polar surface area (TPSA) is 76.1 Å². The van der Waals surface area contributed by atoms with Crippen molar-refractivity contribution in [3.63, 3.8) is 0 Å². The van der Waals surface area contributed by atoms with E-state index in [1.165, 1.54) is 30.3 Å². The van der Waals surface area contributed by atoms with Gasteiger partial charge in [0.15, 0.2) is 14.8 Å². The average molecular weight is 487 g/mol. The third kappa shape index (κ3) is 4.72. The molecule has 0 saturated heterocycles. The van der Waals surface area contributed by atoms with Crippen LogP contribution >= 0.6 is 22.9 Å². The summed E-state index contributed by atoms with van der Waals surface area (Å²) in [4.78, 5) is 18.0. The number of hydrogen-bond donors (Lipinski definition) is 1. The first kappa shape index (κ1) is 22.1. The number of benzene rings is 3. The Morgan fingerprint density at radius 2 is 1.66 bits per heavy atom. The second-order valence-electron chi connectivity index (χ2n) is 6.93. The summed E-state index contributed by atoms with van der Waals surface area (Å²) in [7, 11) is -3.55. The van der Waals surface area contributed by atoms with Gasteiger partial charge in [-0.1, -0.05) is 29.8 Å². The van der Waals surface area contributed by atoms with Crippen LogP contribution in [0.25, 0.3) is 21.7 Å². The molecular weight excluding hydrogens is 471 g/mol. The van der Waals surface area contributed by atoms with E-state index in [0.29, 0.717) is 32.4 Å². The molecule has 0 aliphatic carbocycles. The number of nitrogens with zero attached hydrogens (tertiary/aromatic N) is 1. The standard InChI is InChI=1S/C23H16ClFN2O3S2/c1-32(29,30)19-5-3-2-4-18(19)21-20(14-6-10-16(25)11-7-14)27-23(31-21)22(28)26-17-12-8-15(24)9-13-17/h2-13H,1H3,(H,26,28). The van der Waals surface area contributed by atoms with E-state index in [1.807, 2.05) is 0 Å². The molecule has 4 aromatic rings. The van der Waals surface area contributed by atoms with Crippen molar-refractivity contribution in [1.29, 1.82) is 0 Å². The number of hydrogen-bond acceptors (Lipinski definition) is 5. The quantitative estimate of drug-likeness (QED) is 0.379. The molecule has 5 nitrogen and oxygen atoms in total. The first-order chi connectivity index (χ1) is 15.2. The van der Waals surface area contributed by atoms with Crippen LogP contribution in [0.1, 0.15) is 9.80 Å². The van der Waals surface area contributed by atoms with Gasteiger partial charge in [-0.2, -0.15) is 0 Å². The zero-order valence-electron chi connectivity index (χ0n) is 16.7. The van der Waals surface area contributed by atoms with E-state index in [9.17, 15) is 17.6 Å². The highest BCUT2D eigenvalue weighted by Crippen LogP contribution is 2.40. The van der Waals surface area contributed by atoms with E-state index >= 15 is 0 Å². The Balaban J connectivity index is 1.84. The number of sulfone groups is 1. The van der Waals surface area contributed by atoms with Crippen molar-refractivity contribution in [2.75, 3.05) is 11.6 Å². The van der Waals surface area contributed by atoms with E-state index < -0.39 is 21.6 Å². The molecule has 4 rings (SSSR count). The number of anilines is 1. The van der Waals surface area contributed by atoms with Gasteiger partial charge in [0.05, 0.1) is 15.5 Å². The summed E-state index contributed by atoms with van der Waals surface area (Å²) >= 11 is 6.95. The molecule has 1 N–H and O–H groups in total. The van der Waals surface area contributed by atoms with Crippen LogP contribution < -0.4 is 5.32 Å². The number of rotatable bonds is 5. The molecule has 0 aliphatic heterocycles. The summed E-state index contributed by atoms with van der Waals surface area (Å²) in [5.41, 5.74) is 1.92. The zero-order valence-corrected chi connectivity index (χ0v) is 19.1. The molecule has 0 unspecified atom stereocenters.